The van der Waals surface area contributed by atoms with Crippen molar-refractivity contribution in [3.05, 3.63) is 29.8 Å². The number of rotatable bonds is 5. The van der Waals surface area contributed by atoms with E-state index in [2.05, 4.69) is 24.4 Å². The molecule has 1 atom stereocenters. The van der Waals surface area contributed by atoms with Gasteiger partial charge in [0.25, 0.3) is 0 Å². The van der Waals surface area contributed by atoms with Gasteiger partial charge in [0.05, 0.1) is 5.75 Å². The SMILES string of the molecule is CNC(C)c1cccc(SCC(=O)N(C)C)c1. The molecule has 0 aliphatic heterocycles. The van der Waals surface area contributed by atoms with Crippen LogP contribution in [0.2, 0.25) is 0 Å². The zero-order chi connectivity index (χ0) is 12.8. The lowest BCUT2D eigenvalue weighted by atomic mass is 10.1. The molecular weight excluding hydrogens is 232 g/mol. The average molecular weight is 252 g/mol. The lowest BCUT2D eigenvalue weighted by Gasteiger charge is -2.13. The average Bonchev–Trinajstić information content (AvgIpc) is 2.35. The summed E-state index contributed by atoms with van der Waals surface area (Å²) in [7, 11) is 5.50. The van der Waals surface area contributed by atoms with Crippen molar-refractivity contribution < 1.29 is 4.79 Å². The highest BCUT2D eigenvalue weighted by Gasteiger charge is 2.07. The van der Waals surface area contributed by atoms with E-state index in [1.165, 1.54) is 5.56 Å². The summed E-state index contributed by atoms with van der Waals surface area (Å²) in [5, 5.41) is 3.21. The smallest absolute Gasteiger partial charge is 0.232 e. The van der Waals surface area contributed by atoms with Gasteiger partial charge >= 0.3 is 0 Å². The van der Waals surface area contributed by atoms with Gasteiger partial charge in [-0.15, -0.1) is 11.8 Å². The van der Waals surface area contributed by atoms with Crippen molar-refractivity contribution in [2.24, 2.45) is 0 Å². The molecule has 0 aromatic heterocycles. The maximum Gasteiger partial charge on any atom is 0.232 e. The first-order valence-corrected chi connectivity index (χ1v) is 6.63. The van der Waals surface area contributed by atoms with E-state index in [-0.39, 0.29) is 5.91 Å². The molecule has 0 spiro atoms. The van der Waals surface area contributed by atoms with Crippen LogP contribution < -0.4 is 5.32 Å². The number of nitrogens with zero attached hydrogens (tertiary/aromatic N) is 1. The van der Waals surface area contributed by atoms with Gasteiger partial charge in [-0.3, -0.25) is 4.79 Å². The molecule has 1 aromatic carbocycles. The second kappa shape index (κ2) is 6.67. The van der Waals surface area contributed by atoms with Gasteiger partial charge in [-0.25, -0.2) is 0 Å². The summed E-state index contributed by atoms with van der Waals surface area (Å²) in [4.78, 5) is 14.2. The minimum Gasteiger partial charge on any atom is -0.348 e. The maximum absolute atomic E-state index is 11.5. The van der Waals surface area contributed by atoms with Crippen LogP contribution >= 0.6 is 11.8 Å². The van der Waals surface area contributed by atoms with Gasteiger partial charge in [-0.05, 0) is 31.7 Å². The molecule has 1 unspecified atom stereocenters. The first kappa shape index (κ1) is 14.1. The molecule has 1 rings (SSSR count). The van der Waals surface area contributed by atoms with Gasteiger partial charge < -0.3 is 10.2 Å². The van der Waals surface area contributed by atoms with Crippen LogP contribution in [-0.2, 0) is 4.79 Å². The van der Waals surface area contributed by atoms with Gasteiger partial charge in [0, 0.05) is 25.0 Å². The topological polar surface area (TPSA) is 32.3 Å². The minimum absolute atomic E-state index is 0.141. The Labute approximate surface area is 108 Å². The predicted molar refractivity (Wildman–Crippen MR) is 73.3 cm³/mol. The van der Waals surface area contributed by atoms with Crippen LogP contribution in [0.15, 0.2) is 29.2 Å². The molecule has 1 N–H and O–H groups in total. The van der Waals surface area contributed by atoms with E-state index in [0.717, 1.165) is 4.90 Å². The number of amides is 1. The molecule has 0 aliphatic rings. The molecule has 17 heavy (non-hydrogen) atoms. The van der Waals surface area contributed by atoms with Crippen molar-refractivity contribution in [2.75, 3.05) is 26.9 Å². The van der Waals surface area contributed by atoms with Crippen molar-refractivity contribution in [1.82, 2.24) is 10.2 Å². The van der Waals surface area contributed by atoms with Crippen LogP contribution in [0.5, 0.6) is 0 Å². The van der Waals surface area contributed by atoms with Gasteiger partial charge in [-0.2, -0.15) is 0 Å². The molecule has 4 heteroatoms. The van der Waals surface area contributed by atoms with Crippen molar-refractivity contribution >= 4 is 17.7 Å². The first-order valence-electron chi connectivity index (χ1n) is 5.64. The summed E-state index contributed by atoms with van der Waals surface area (Å²) in [6, 6.07) is 8.64. The maximum atomic E-state index is 11.5. The Hall–Kier alpha value is -1.00. The summed E-state index contributed by atoms with van der Waals surface area (Å²) in [5.74, 6) is 0.631. The highest BCUT2D eigenvalue weighted by molar-refractivity contribution is 8.00. The quantitative estimate of drug-likeness (QED) is 0.815. The summed E-state index contributed by atoms with van der Waals surface area (Å²) in [6.45, 7) is 2.12. The molecule has 0 bridgehead atoms. The lowest BCUT2D eigenvalue weighted by Crippen LogP contribution is -2.23. The molecule has 3 nitrogen and oxygen atoms in total. The molecule has 0 heterocycles. The number of benzene rings is 1. The third-order valence-corrected chi connectivity index (χ3v) is 3.63. The fourth-order valence-corrected chi connectivity index (χ4v) is 2.26. The molecule has 0 saturated heterocycles. The van der Waals surface area contributed by atoms with Crippen LogP contribution in [0.4, 0.5) is 0 Å². The Morgan fingerprint density at radius 1 is 1.47 bits per heavy atom. The summed E-state index contributed by atoms with van der Waals surface area (Å²) in [5.41, 5.74) is 1.25. The molecule has 0 fully saturated rings. The third kappa shape index (κ3) is 4.40. The highest BCUT2D eigenvalue weighted by atomic mass is 32.2. The molecule has 0 saturated carbocycles. The van der Waals surface area contributed by atoms with Crippen molar-refractivity contribution in [3.63, 3.8) is 0 Å². The Balaban J connectivity index is 2.63. The van der Waals surface area contributed by atoms with E-state index in [9.17, 15) is 4.79 Å². The number of carbonyl (C=O) groups is 1. The Morgan fingerprint density at radius 3 is 2.76 bits per heavy atom. The van der Waals surface area contributed by atoms with Crippen molar-refractivity contribution in [1.29, 1.82) is 0 Å². The summed E-state index contributed by atoms with van der Waals surface area (Å²) >= 11 is 1.58. The minimum atomic E-state index is 0.141. The van der Waals surface area contributed by atoms with Gasteiger partial charge in [0.1, 0.15) is 0 Å². The van der Waals surface area contributed by atoms with E-state index in [4.69, 9.17) is 0 Å². The number of hydrogen-bond donors (Lipinski definition) is 1. The first-order chi connectivity index (χ1) is 8.04. The second-order valence-electron chi connectivity index (χ2n) is 4.16. The van der Waals surface area contributed by atoms with E-state index < -0.39 is 0 Å². The number of nitrogens with one attached hydrogen (secondary N) is 1. The monoisotopic (exact) mass is 252 g/mol. The predicted octanol–water partition coefficient (Wildman–Crippen LogP) is 2.15. The zero-order valence-corrected chi connectivity index (χ0v) is 11.7. The highest BCUT2D eigenvalue weighted by Crippen LogP contribution is 2.22. The Bertz CT molecular complexity index is 379. The molecule has 0 aliphatic carbocycles. The van der Waals surface area contributed by atoms with E-state index in [0.29, 0.717) is 11.8 Å². The van der Waals surface area contributed by atoms with Crippen molar-refractivity contribution in [2.45, 2.75) is 17.9 Å². The van der Waals surface area contributed by atoms with Crippen LogP contribution in [0.3, 0.4) is 0 Å². The van der Waals surface area contributed by atoms with E-state index in [1.807, 2.05) is 19.2 Å². The van der Waals surface area contributed by atoms with E-state index >= 15 is 0 Å². The standard InChI is InChI=1S/C13H20N2OS/c1-10(14-2)11-6-5-7-12(8-11)17-9-13(16)15(3)4/h5-8,10,14H,9H2,1-4H3. The Morgan fingerprint density at radius 2 is 2.18 bits per heavy atom. The van der Waals surface area contributed by atoms with Crippen LogP contribution in [0.1, 0.15) is 18.5 Å². The molecule has 0 radical (unpaired) electrons. The number of thioether (sulfide) groups is 1. The van der Waals surface area contributed by atoms with Gasteiger partial charge in [-0.1, -0.05) is 12.1 Å². The Kier molecular flexibility index (Phi) is 5.51. The van der Waals surface area contributed by atoms with E-state index in [1.54, 1.807) is 30.8 Å². The zero-order valence-electron chi connectivity index (χ0n) is 10.9. The normalized spacial score (nSPS) is 12.2. The molecule has 1 aromatic rings. The fourth-order valence-electron chi connectivity index (χ4n) is 1.31. The second-order valence-corrected chi connectivity index (χ2v) is 5.21. The van der Waals surface area contributed by atoms with Crippen LogP contribution in [0.25, 0.3) is 0 Å². The summed E-state index contributed by atoms with van der Waals surface area (Å²) in [6.07, 6.45) is 0. The lowest BCUT2D eigenvalue weighted by molar-refractivity contribution is -0.125. The number of carbonyl (C=O) groups excluding carboxylic acids is 1. The molecular formula is C13H20N2OS. The van der Waals surface area contributed by atoms with Crippen LogP contribution in [0, 0.1) is 0 Å². The molecule has 94 valence electrons. The fraction of sp³-hybridized carbons (Fsp3) is 0.462. The number of hydrogen-bond acceptors (Lipinski definition) is 3. The third-order valence-electron chi connectivity index (χ3n) is 2.65. The van der Waals surface area contributed by atoms with Crippen LogP contribution in [-0.4, -0.2) is 37.7 Å². The van der Waals surface area contributed by atoms with Crippen molar-refractivity contribution in [3.8, 4) is 0 Å². The summed E-state index contributed by atoms with van der Waals surface area (Å²) < 4.78 is 0. The largest absolute Gasteiger partial charge is 0.348 e. The van der Waals surface area contributed by atoms with Gasteiger partial charge in [0.15, 0.2) is 0 Å². The molecule has 1 amide bonds. The van der Waals surface area contributed by atoms with Gasteiger partial charge in [0.2, 0.25) is 5.91 Å².